The lowest BCUT2D eigenvalue weighted by Crippen LogP contribution is -2.34. The molecule has 1 heterocycles. The van der Waals surface area contributed by atoms with Crippen molar-refractivity contribution < 1.29 is 33.4 Å². The van der Waals surface area contributed by atoms with Crippen LogP contribution >= 0.6 is 11.8 Å². The number of hydrogen-bond acceptors (Lipinski definition) is 8. The molecule has 3 rings (SSSR count). The van der Waals surface area contributed by atoms with E-state index in [4.69, 9.17) is 14.2 Å². The molecule has 0 bridgehead atoms. The number of nitrogens with zero attached hydrogens (tertiary/aromatic N) is 1. The van der Waals surface area contributed by atoms with Crippen molar-refractivity contribution in [1.82, 2.24) is 4.90 Å². The second kappa shape index (κ2) is 12.3. The van der Waals surface area contributed by atoms with Crippen LogP contribution in [0.25, 0.3) is 6.08 Å². The van der Waals surface area contributed by atoms with Crippen LogP contribution in [0.5, 0.6) is 11.5 Å². The van der Waals surface area contributed by atoms with E-state index in [2.05, 4.69) is 5.32 Å². The van der Waals surface area contributed by atoms with Gasteiger partial charge < -0.3 is 19.5 Å². The van der Waals surface area contributed by atoms with Gasteiger partial charge in [-0.1, -0.05) is 18.2 Å². The van der Waals surface area contributed by atoms with Gasteiger partial charge in [0, 0.05) is 5.69 Å². The van der Waals surface area contributed by atoms with Gasteiger partial charge in [0.15, 0.2) is 18.1 Å². The quantitative estimate of drug-likeness (QED) is 0.370. The third-order valence-electron chi connectivity index (χ3n) is 5.27. The van der Waals surface area contributed by atoms with E-state index in [1.54, 1.807) is 25.1 Å². The van der Waals surface area contributed by atoms with Crippen LogP contribution in [-0.2, 0) is 19.1 Å². The van der Waals surface area contributed by atoms with Gasteiger partial charge in [-0.25, -0.2) is 0 Å². The van der Waals surface area contributed by atoms with Gasteiger partial charge in [0.05, 0.1) is 18.1 Å². The summed E-state index contributed by atoms with van der Waals surface area (Å²) < 4.78 is 16.2. The predicted octanol–water partition coefficient (Wildman–Crippen LogP) is 4.32. The van der Waals surface area contributed by atoms with E-state index < -0.39 is 23.7 Å². The molecule has 0 atom stereocenters. The molecular weight excluding hydrogens is 484 g/mol. The summed E-state index contributed by atoms with van der Waals surface area (Å²) in [5.41, 5.74) is 3.37. The number of nitrogens with one attached hydrogen (secondary N) is 1. The van der Waals surface area contributed by atoms with Crippen LogP contribution < -0.4 is 14.8 Å². The predicted molar refractivity (Wildman–Crippen MR) is 137 cm³/mol. The van der Waals surface area contributed by atoms with E-state index in [0.717, 1.165) is 33.5 Å². The summed E-state index contributed by atoms with van der Waals surface area (Å²) in [6.45, 7) is 7.21. The summed E-state index contributed by atoms with van der Waals surface area (Å²) in [7, 11) is 0. The average molecular weight is 513 g/mol. The molecule has 9 nitrogen and oxygen atoms in total. The van der Waals surface area contributed by atoms with E-state index in [-0.39, 0.29) is 24.0 Å². The van der Waals surface area contributed by atoms with Gasteiger partial charge in [-0.3, -0.25) is 24.1 Å². The Morgan fingerprint density at radius 3 is 2.53 bits per heavy atom. The van der Waals surface area contributed by atoms with Crippen molar-refractivity contribution in [3.05, 3.63) is 58.0 Å². The van der Waals surface area contributed by atoms with E-state index >= 15 is 0 Å². The molecule has 1 N–H and O–H groups in total. The van der Waals surface area contributed by atoms with E-state index in [9.17, 15) is 19.2 Å². The number of benzene rings is 2. The molecule has 36 heavy (non-hydrogen) atoms. The van der Waals surface area contributed by atoms with E-state index in [0.29, 0.717) is 23.7 Å². The number of carbonyl (C=O) groups is 4. The molecular formula is C26H28N2O7S. The molecule has 0 radical (unpaired) electrons. The summed E-state index contributed by atoms with van der Waals surface area (Å²) in [6.07, 6.45) is 1.54. The van der Waals surface area contributed by atoms with Crippen LogP contribution in [0.2, 0.25) is 0 Å². The summed E-state index contributed by atoms with van der Waals surface area (Å²) in [6, 6.07) is 10.6. The van der Waals surface area contributed by atoms with Gasteiger partial charge in [-0.15, -0.1) is 0 Å². The van der Waals surface area contributed by atoms with Crippen molar-refractivity contribution in [1.29, 1.82) is 0 Å². The highest BCUT2D eigenvalue weighted by Crippen LogP contribution is 2.34. The lowest BCUT2D eigenvalue weighted by molar-refractivity contribution is -0.146. The number of esters is 1. The second-order valence-corrected chi connectivity index (χ2v) is 8.79. The minimum Gasteiger partial charge on any atom is -0.490 e. The maximum atomic E-state index is 12.6. The molecule has 10 heteroatoms. The van der Waals surface area contributed by atoms with Crippen molar-refractivity contribution in [3.63, 3.8) is 0 Å². The van der Waals surface area contributed by atoms with Crippen LogP contribution in [0.3, 0.4) is 0 Å². The van der Waals surface area contributed by atoms with Gasteiger partial charge in [-0.05, 0) is 80.4 Å². The molecule has 190 valence electrons. The SMILES string of the molecule is CCOC(=O)CN1C(=O)S/C(=C\c2ccc(OCC(=O)Nc3cccc(C)c3C)c(OCC)c2)C1=O. The molecule has 0 saturated carbocycles. The number of carbonyl (C=O) groups excluding carboxylic acids is 4. The normalized spacial score (nSPS) is 14.2. The number of rotatable bonds is 10. The van der Waals surface area contributed by atoms with Gasteiger partial charge >= 0.3 is 5.97 Å². The Kier molecular flexibility index (Phi) is 9.13. The molecule has 2 aromatic carbocycles. The summed E-state index contributed by atoms with van der Waals surface area (Å²) in [5.74, 6) is -0.787. The maximum Gasteiger partial charge on any atom is 0.326 e. The van der Waals surface area contributed by atoms with E-state index in [1.165, 1.54) is 6.08 Å². The topological polar surface area (TPSA) is 111 Å². The molecule has 1 aliphatic rings. The smallest absolute Gasteiger partial charge is 0.326 e. The minimum atomic E-state index is -0.650. The highest BCUT2D eigenvalue weighted by Gasteiger charge is 2.36. The summed E-state index contributed by atoms with van der Waals surface area (Å²) in [4.78, 5) is 50.0. The van der Waals surface area contributed by atoms with E-state index in [1.807, 2.05) is 39.0 Å². The fourth-order valence-corrected chi connectivity index (χ4v) is 4.18. The van der Waals surface area contributed by atoms with Crippen molar-refractivity contribution in [3.8, 4) is 11.5 Å². The Hall–Kier alpha value is -3.79. The zero-order chi connectivity index (χ0) is 26.2. The third kappa shape index (κ3) is 6.66. The highest BCUT2D eigenvalue weighted by atomic mass is 32.2. The number of amides is 3. The Morgan fingerprint density at radius 2 is 1.81 bits per heavy atom. The fraction of sp³-hybridized carbons (Fsp3) is 0.308. The molecule has 1 saturated heterocycles. The number of imide groups is 1. The largest absolute Gasteiger partial charge is 0.490 e. The number of thioether (sulfide) groups is 1. The Labute approximate surface area is 213 Å². The minimum absolute atomic E-state index is 0.159. The Balaban J connectivity index is 1.70. The van der Waals surface area contributed by atoms with Crippen LogP contribution in [-0.4, -0.2) is 54.3 Å². The maximum absolute atomic E-state index is 12.6. The number of aryl methyl sites for hydroxylation is 1. The molecule has 1 aliphatic heterocycles. The fourth-order valence-electron chi connectivity index (χ4n) is 3.34. The first kappa shape index (κ1) is 26.8. The molecule has 0 aliphatic carbocycles. The lowest BCUT2D eigenvalue weighted by atomic mass is 10.1. The van der Waals surface area contributed by atoms with Gasteiger partial charge in [0.2, 0.25) is 0 Å². The Bertz CT molecular complexity index is 1210. The lowest BCUT2D eigenvalue weighted by Gasteiger charge is -2.14. The molecule has 0 aromatic heterocycles. The molecule has 2 aromatic rings. The Morgan fingerprint density at radius 1 is 1.03 bits per heavy atom. The van der Waals surface area contributed by atoms with Crippen LogP contribution in [0.15, 0.2) is 41.3 Å². The summed E-state index contributed by atoms with van der Waals surface area (Å²) >= 11 is 0.743. The first-order chi connectivity index (χ1) is 17.2. The number of ether oxygens (including phenoxy) is 3. The van der Waals surface area contributed by atoms with Crippen LogP contribution in [0.4, 0.5) is 10.5 Å². The third-order valence-corrected chi connectivity index (χ3v) is 6.18. The van der Waals surface area contributed by atoms with Gasteiger partial charge in [-0.2, -0.15) is 0 Å². The van der Waals surface area contributed by atoms with Gasteiger partial charge in [0.1, 0.15) is 6.54 Å². The van der Waals surface area contributed by atoms with Crippen molar-refractivity contribution in [2.45, 2.75) is 27.7 Å². The first-order valence-electron chi connectivity index (χ1n) is 11.4. The highest BCUT2D eigenvalue weighted by molar-refractivity contribution is 8.18. The molecule has 0 spiro atoms. The molecule has 1 fully saturated rings. The summed E-state index contributed by atoms with van der Waals surface area (Å²) in [5, 5.41) is 2.30. The van der Waals surface area contributed by atoms with Crippen molar-refractivity contribution in [2.75, 3.05) is 31.7 Å². The zero-order valence-corrected chi connectivity index (χ0v) is 21.4. The molecule has 3 amide bonds. The number of hydrogen-bond donors (Lipinski definition) is 1. The number of anilines is 1. The molecule has 0 unspecified atom stereocenters. The van der Waals surface area contributed by atoms with Crippen LogP contribution in [0.1, 0.15) is 30.5 Å². The van der Waals surface area contributed by atoms with Crippen molar-refractivity contribution >= 4 is 46.5 Å². The van der Waals surface area contributed by atoms with Crippen LogP contribution in [0, 0.1) is 13.8 Å². The average Bonchev–Trinajstić information content (AvgIpc) is 3.09. The standard InChI is InChI=1S/C26H28N2O7S/c1-5-33-21-12-18(13-22-25(31)28(26(32)36-22)14-24(30)34-6-2)10-11-20(21)35-15-23(29)27-19-9-7-8-16(3)17(19)4/h7-13H,5-6,14-15H2,1-4H3,(H,27,29)/b22-13-. The monoisotopic (exact) mass is 512 g/mol. The second-order valence-electron chi connectivity index (χ2n) is 7.80. The van der Waals surface area contributed by atoms with Crippen molar-refractivity contribution in [2.24, 2.45) is 0 Å². The first-order valence-corrected chi connectivity index (χ1v) is 12.2. The zero-order valence-electron chi connectivity index (χ0n) is 20.6. The van der Waals surface area contributed by atoms with Gasteiger partial charge in [0.25, 0.3) is 17.1 Å².